The monoisotopic (exact) mass is 419 g/mol. The van der Waals surface area contributed by atoms with E-state index in [4.69, 9.17) is 4.74 Å². The second-order valence-corrected chi connectivity index (χ2v) is 7.30. The van der Waals surface area contributed by atoms with Crippen molar-refractivity contribution in [1.82, 2.24) is 15.1 Å². The molecule has 1 N–H and O–H groups in total. The van der Waals surface area contributed by atoms with Gasteiger partial charge in [-0.1, -0.05) is 6.07 Å². The van der Waals surface area contributed by atoms with Gasteiger partial charge in [-0.15, -0.1) is 0 Å². The lowest BCUT2D eigenvalue weighted by Gasteiger charge is -2.47. The number of nitrogens with zero attached hydrogens (tertiary/aromatic N) is 2. The second kappa shape index (κ2) is 7.60. The van der Waals surface area contributed by atoms with Gasteiger partial charge < -0.3 is 19.9 Å². The Morgan fingerprint density at radius 2 is 1.93 bits per heavy atom. The van der Waals surface area contributed by atoms with Crippen molar-refractivity contribution in [3.05, 3.63) is 47.2 Å². The Hall–Kier alpha value is -3.14. The van der Waals surface area contributed by atoms with Gasteiger partial charge in [-0.3, -0.25) is 19.2 Å². The molecule has 8 nitrogen and oxygen atoms in total. The van der Waals surface area contributed by atoms with Crippen molar-refractivity contribution in [3.8, 4) is 0 Å². The first-order chi connectivity index (χ1) is 14.3. The highest BCUT2D eigenvalue weighted by Gasteiger charge is 2.54. The van der Waals surface area contributed by atoms with E-state index < -0.39 is 46.6 Å². The van der Waals surface area contributed by atoms with Gasteiger partial charge >= 0.3 is 0 Å². The van der Waals surface area contributed by atoms with Crippen LogP contribution in [0.2, 0.25) is 0 Å². The van der Waals surface area contributed by atoms with Gasteiger partial charge in [0, 0.05) is 30.9 Å². The fourth-order valence-corrected chi connectivity index (χ4v) is 4.12. The maximum absolute atomic E-state index is 13.8. The van der Waals surface area contributed by atoms with Crippen LogP contribution >= 0.6 is 0 Å². The van der Waals surface area contributed by atoms with Gasteiger partial charge in [-0.25, -0.2) is 8.78 Å². The molecule has 1 aromatic carbocycles. The first-order valence-electron chi connectivity index (χ1n) is 9.51. The highest BCUT2D eigenvalue weighted by atomic mass is 19.1. The number of halogens is 2. The number of ketones is 2. The fourth-order valence-electron chi connectivity index (χ4n) is 4.12. The van der Waals surface area contributed by atoms with Gasteiger partial charge in [-0.05, 0) is 13.0 Å². The summed E-state index contributed by atoms with van der Waals surface area (Å²) in [4.78, 5) is 53.6. The van der Waals surface area contributed by atoms with E-state index in [-0.39, 0.29) is 30.8 Å². The number of ether oxygens (including phenoxy) is 1. The summed E-state index contributed by atoms with van der Waals surface area (Å²) in [5.74, 6) is -5.03. The summed E-state index contributed by atoms with van der Waals surface area (Å²) in [5, 5.41) is 2.37. The predicted molar refractivity (Wildman–Crippen MR) is 97.7 cm³/mol. The molecule has 30 heavy (non-hydrogen) atoms. The van der Waals surface area contributed by atoms with Gasteiger partial charge in [0.05, 0.1) is 25.3 Å². The van der Waals surface area contributed by atoms with Crippen LogP contribution in [-0.4, -0.2) is 71.1 Å². The molecule has 3 aliphatic rings. The third-order valence-corrected chi connectivity index (χ3v) is 5.65. The zero-order valence-electron chi connectivity index (χ0n) is 16.1. The molecule has 0 bridgehead atoms. The molecule has 0 aromatic heterocycles. The molecule has 3 aliphatic heterocycles. The van der Waals surface area contributed by atoms with E-state index in [0.29, 0.717) is 19.2 Å². The Labute approximate surface area is 170 Å². The Kier molecular flexibility index (Phi) is 5.10. The Morgan fingerprint density at radius 1 is 1.20 bits per heavy atom. The van der Waals surface area contributed by atoms with Gasteiger partial charge in [0.15, 0.2) is 6.04 Å². The molecule has 158 valence electrons. The largest absolute Gasteiger partial charge is 0.377 e. The highest BCUT2D eigenvalue weighted by Crippen LogP contribution is 2.31. The molecule has 0 spiro atoms. The smallest absolute Gasteiger partial charge is 0.257 e. The number of rotatable bonds is 4. The molecule has 3 heterocycles. The quantitative estimate of drug-likeness (QED) is 0.417. The predicted octanol–water partition coefficient (Wildman–Crippen LogP) is -0.0832. The molecule has 0 radical (unpaired) electrons. The van der Waals surface area contributed by atoms with E-state index >= 15 is 0 Å². The van der Waals surface area contributed by atoms with Crippen LogP contribution in [0.25, 0.3) is 0 Å². The SMILES string of the molecule is CCN1C(=O)C2C(=O)C(=O)C(C(=O)NCc3ccc(F)cc3F)=CN2[C@@H]2COC[C@@H]21. The summed E-state index contributed by atoms with van der Waals surface area (Å²) in [5.41, 5.74) is -0.407. The van der Waals surface area contributed by atoms with Gasteiger partial charge in [0.1, 0.15) is 17.2 Å². The van der Waals surface area contributed by atoms with E-state index in [2.05, 4.69) is 5.32 Å². The number of piperazine rings is 1. The minimum absolute atomic E-state index is 0.0220. The van der Waals surface area contributed by atoms with Crippen molar-refractivity contribution >= 4 is 23.4 Å². The molecule has 2 amide bonds. The lowest BCUT2D eigenvalue weighted by Crippen LogP contribution is -2.69. The van der Waals surface area contributed by atoms with Crippen molar-refractivity contribution in [2.45, 2.75) is 31.6 Å². The number of carbonyl (C=O) groups is 4. The first-order valence-corrected chi connectivity index (χ1v) is 9.51. The van der Waals surface area contributed by atoms with Gasteiger partial charge in [0.2, 0.25) is 11.6 Å². The standard InChI is InChI=1S/C20H19F2N3O5/c1-2-24-14-8-30-9-15(14)25-7-12(17(26)18(27)16(25)20(24)29)19(28)23-6-10-3-4-11(21)5-13(10)22/h3-5,7,14-16H,2,6,8-9H2,1H3,(H,23,28)/t14-,15+,16?/m0/s1. The number of likely N-dealkylation sites (N-methyl/N-ethyl adjacent to an activating group) is 1. The molecule has 1 aromatic rings. The molecule has 0 aliphatic carbocycles. The summed E-state index contributed by atoms with van der Waals surface area (Å²) in [6, 6.07) is 0.941. The molecule has 4 rings (SSSR count). The zero-order valence-corrected chi connectivity index (χ0v) is 16.1. The van der Waals surface area contributed by atoms with Crippen molar-refractivity contribution in [1.29, 1.82) is 0 Å². The number of amides is 2. The van der Waals surface area contributed by atoms with Crippen LogP contribution in [0.1, 0.15) is 12.5 Å². The number of carbonyl (C=O) groups excluding carboxylic acids is 4. The van der Waals surface area contributed by atoms with Crippen LogP contribution in [0.4, 0.5) is 8.78 Å². The summed E-state index contributed by atoms with van der Waals surface area (Å²) in [6.45, 7) is 2.40. The topological polar surface area (TPSA) is 96.0 Å². The third kappa shape index (κ3) is 3.17. The lowest BCUT2D eigenvalue weighted by molar-refractivity contribution is -0.155. The lowest BCUT2D eigenvalue weighted by atomic mass is 9.89. The van der Waals surface area contributed by atoms with Crippen LogP contribution in [0.15, 0.2) is 30.0 Å². The fraction of sp³-hybridized carbons (Fsp3) is 0.400. The summed E-state index contributed by atoms with van der Waals surface area (Å²) < 4.78 is 32.3. The number of hydrogen-bond donors (Lipinski definition) is 1. The van der Waals surface area contributed by atoms with Crippen molar-refractivity contribution < 1.29 is 32.7 Å². The summed E-state index contributed by atoms with van der Waals surface area (Å²) >= 11 is 0. The number of Topliss-reactive ketones (excluding diaryl/α,β-unsaturated/α-hetero) is 2. The van der Waals surface area contributed by atoms with E-state index in [1.165, 1.54) is 22.1 Å². The highest BCUT2D eigenvalue weighted by molar-refractivity contribution is 6.54. The molecule has 2 fully saturated rings. The zero-order chi connectivity index (χ0) is 21.6. The molecule has 3 atom stereocenters. The summed E-state index contributed by atoms with van der Waals surface area (Å²) in [7, 11) is 0. The Morgan fingerprint density at radius 3 is 2.63 bits per heavy atom. The minimum atomic E-state index is -1.31. The molecule has 10 heteroatoms. The maximum Gasteiger partial charge on any atom is 0.257 e. The van der Waals surface area contributed by atoms with Crippen LogP contribution in [-0.2, 0) is 30.5 Å². The number of fused-ring (bicyclic) bond motifs is 3. The average molecular weight is 419 g/mol. The van der Waals surface area contributed by atoms with Gasteiger partial charge in [-0.2, -0.15) is 0 Å². The molecule has 0 saturated carbocycles. The van der Waals surface area contributed by atoms with Crippen LogP contribution < -0.4 is 5.32 Å². The van der Waals surface area contributed by atoms with Crippen LogP contribution in [0.3, 0.4) is 0 Å². The van der Waals surface area contributed by atoms with E-state index in [1.54, 1.807) is 6.92 Å². The van der Waals surface area contributed by atoms with E-state index in [0.717, 1.165) is 6.07 Å². The molecular formula is C20H19F2N3O5. The number of nitrogens with one attached hydrogen (secondary N) is 1. The van der Waals surface area contributed by atoms with Crippen LogP contribution in [0.5, 0.6) is 0 Å². The average Bonchev–Trinajstić information content (AvgIpc) is 3.19. The van der Waals surface area contributed by atoms with Crippen molar-refractivity contribution in [3.63, 3.8) is 0 Å². The molecule has 2 saturated heterocycles. The molecular weight excluding hydrogens is 400 g/mol. The number of hydrogen-bond acceptors (Lipinski definition) is 6. The van der Waals surface area contributed by atoms with E-state index in [9.17, 15) is 28.0 Å². The first kappa shape index (κ1) is 20.1. The Balaban J connectivity index is 1.59. The normalized spacial score (nSPS) is 25.8. The Bertz CT molecular complexity index is 979. The van der Waals surface area contributed by atoms with Crippen LogP contribution in [0, 0.1) is 11.6 Å². The van der Waals surface area contributed by atoms with Crippen molar-refractivity contribution in [2.75, 3.05) is 19.8 Å². The third-order valence-electron chi connectivity index (χ3n) is 5.65. The van der Waals surface area contributed by atoms with E-state index in [1.807, 2.05) is 0 Å². The van der Waals surface area contributed by atoms with Gasteiger partial charge in [0.25, 0.3) is 11.8 Å². The number of benzene rings is 1. The second-order valence-electron chi connectivity index (χ2n) is 7.30. The van der Waals surface area contributed by atoms with Crippen molar-refractivity contribution in [2.24, 2.45) is 0 Å². The summed E-state index contributed by atoms with van der Waals surface area (Å²) in [6.07, 6.45) is 1.22. The maximum atomic E-state index is 13.8. The molecule has 1 unspecified atom stereocenters. The minimum Gasteiger partial charge on any atom is -0.377 e.